The molecule has 3 N–H and O–H groups in total. The summed E-state index contributed by atoms with van der Waals surface area (Å²) in [6.07, 6.45) is -0.995. The van der Waals surface area contributed by atoms with Crippen LogP contribution in [0.1, 0.15) is 52.0 Å². The van der Waals surface area contributed by atoms with Crippen molar-refractivity contribution in [3.05, 3.63) is 153 Å². The lowest BCUT2D eigenvalue weighted by Gasteiger charge is -2.22. The Morgan fingerprint density at radius 1 is 0.690 bits per heavy atom. The van der Waals surface area contributed by atoms with Gasteiger partial charge in [-0.15, -0.1) is 0 Å². The highest BCUT2D eigenvalue weighted by Crippen LogP contribution is 2.44. The van der Waals surface area contributed by atoms with Crippen molar-refractivity contribution in [2.24, 2.45) is 0 Å². The van der Waals surface area contributed by atoms with E-state index in [1.165, 1.54) is 48.5 Å². The number of carboxylic acid groups (broad SMARTS) is 2. The first kappa shape index (κ1) is 43.8. The standard InChI is InChI=1S/C22H21FO5S.C20H14ClF3O4S/c1-3-29(27,28)17-6-7-18(13(2)8-17)22(26)20-10-14(11-21(24)25)9-15-4-5-16(23)12-19(15)20;1-29(27,28)14-4-5-16(18(21)10-14)20(23,24)17-7-11(8-19(25)26)6-12-2-3-13(22)9-15(12)17/h4-10,12,22,26H,3,11H2,1-2H3,(H,24,25);2-7,9-10H,8H2,1H3,(H,25,26). The van der Waals surface area contributed by atoms with Gasteiger partial charge >= 0.3 is 17.9 Å². The average Bonchev–Trinajstić information content (AvgIpc) is 3.13. The molecule has 58 heavy (non-hydrogen) atoms. The van der Waals surface area contributed by atoms with Crippen LogP contribution in [0.5, 0.6) is 0 Å². The predicted molar refractivity (Wildman–Crippen MR) is 211 cm³/mol. The van der Waals surface area contributed by atoms with Crippen LogP contribution in [0.25, 0.3) is 21.5 Å². The summed E-state index contributed by atoms with van der Waals surface area (Å²) in [6.45, 7) is 3.25. The molecule has 0 bridgehead atoms. The Morgan fingerprint density at radius 2 is 1.22 bits per heavy atom. The van der Waals surface area contributed by atoms with Crippen LogP contribution >= 0.6 is 11.6 Å². The third-order valence-corrected chi connectivity index (χ3v) is 12.5. The Morgan fingerprint density at radius 3 is 1.74 bits per heavy atom. The van der Waals surface area contributed by atoms with Crippen molar-refractivity contribution in [1.29, 1.82) is 0 Å². The lowest BCUT2D eigenvalue weighted by atomic mass is 9.91. The van der Waals surface area contributed by atoms with E-state index in [0.29, 0.717) is 33.0 Å². The van der Waals surface area contributed by atoms with Crippen molar-refractivity contribution < 1.29 is 59.3 Å². The van der Waals surface area contributed by atoms with Crippen LogP contribution in [0.4, 0.5) is 17.6 Å². The molecule has 9 nitrogen and oxygen atoms in total. The van der Waals surface area contributed by atoms with E-state index >= 15 is 8.78 Å². The molecular formula is C42H35ClF4O9S2. The number of halogens is 5. The van der Waals surface area contributed by atoms with E-state index in [0.717, 1.165) is 42.7 Å². The van der Waals surface area contributed by atoms with E-state index in [1.807, 2.05) is 0 Å². The van der Waals surface area contributed by atoms with E-state index in [4.69, 9.17) is 21.8 Å². The molecule has 0 saturated carbocycles. The van der Waals surface area contributed by atoms with Gasteiger partial charge in [0.2, 0.25) is 0 Å². The van der Waals surface area contributed by atoms with Crippen LogP contribution in [-0.2, 0) is 48.0 Å². The number of aliphatic hydroxyl groups excluding tert-OH is 1. The summed E-state index contributed by atoms with van der Waals surface area (Å²) in [5.74, 6) is -7.21. The number of carbonyl (C=O) groups is 2. The van der Waals surface area contributed by atoms with E-state index in [2.05, 4.69) is 0 Å². The highest BCUT2D eigenvalue weighted by Gasteiger charge is 2.38. The lowest BCUT2D eigenvalue weighted by Crippen LogP contribution is -2.18. The van der Waals surface area contributed by atoms with Gasteiger partial charge in [0.25, 0.3) is 0 Å². The van der Waals surface area contributed by atoms with E-state index < -0.39 is 77.8 Å². The molecule has 0 fully saturated rings. The fraction of sp³-hybridized carbons (Fsp3) is 0.190. The Kier molecular flexibility index (Phi) is 12.7. The normalized spacial score (nSPS) is 12.6. The number of sulfone groups is 2. The monoisotopic (exact) mass is 858 g/mol. The van der Waals surface area contributed by atoms with Crippen LogP contribution in [0.15, 0.2) is 107 Å². The molecule has 0 aromatic heterocycles. The maximum atomic E-state index is 15.5. The summed E-state index contributed by atoms with van der Waals surface area (Å²) < 4.78 is 106. The zero-order chi connectivity index (χ0) is 42.9. The highest BCUT2D eigenvalue weighted by atomic mass is 35.5. The summed E-state index contributed by atoms with van der Waals surface area (Å²) in [5.41, 5.74) is 0.693. The molecular weight excluding hydrogens is 824 g/mol. The zero-order valence-corrected chi connectivity index (χ0v) is 33.3. The maximum Gasteiger partial charge on any atom is 0.307 e. The van der Waals surface area contributed by atoms with Gasteiger partial charge < -0.3 is 15.3 Å². The van der Waals surface area contributed by atoms with Gasteiger partial charge in [0.05, 0.1) is 33.4 Å². The molecule has 1 atom stereocenters. The number of alkyl halides is 2. The molecule has 0 amide bonds. The smallest absolute Gasteiger partial charge is 0.307 e. The van der Waals surface area contributed by atoms with E-state index in [1.54, 1.807) is 26.0 Å². The minimum Gasteiger partial charge on any atom is -0.481 e. The average molecular weight is 859 g/mol. The predicted octanol–water partition coefficient (Wildman–Crippen LogP) is 8.59. The SMILES string of the molecule is CCS(=O)(=O)c1ccc(C(O)c2cc(CC(=O)O)cc3ccc(F)cc23)c(C)c1.CS(=O)(=O)c1ccc(C(F)(F)c2cc(CC(=O)O)cc3ccc(F)cc23)c(Cl)c1. The van der Waals surface area contributed by atoms with Gasteiger partial charge in [-0.05, 0) is 117 Å². The van der Waals surface area contributed by atoms with Crippen LogP contribution in [0, 0.1) is 18.6 Å². The number of aliphatic carboxylic acids is 2. The third-order valence-electron chi connectivity index (χ3n) is 9.31. The summed E-state index contributed by atoms with van der Waals surface area (Å²) >= 11 is 5.96. The number of carboxylic acids is 2. The highest BCUT2D eigenvalue weighted by molar-refractivity contribution is 7.91. The molecule has 6 aromatic carbocycles. The molecule has 304 valence electrons. The Balaban J connectivity index is 0.000000221. The molecule has 0 aliphatic heterocycles. The first-order valence-corrected chi connectivity index (χ1v) is 21.2. The second-order valence-corrected chi connectivity index (χ2v) is 18.2. The topological polar surface area (TPSA) is 163 Å². The molecule has 6 aromatic rings. The molecule has 0 radical (unpaired) electrons. The van der Waals surface area contributed by atoms with Crippen molar-refractivity contribution in [1.82, 2.24) is 0 Å². The van der Waals surface area contributed by atoms with E-state index in [-0.39, 0.29) is 38.3 Å². The number of benzene rings is 6. The molecule has 0 saturated heterocycles. The quantitative estimate of drug-likeness (QED) is 0.108. The minimum absolute atomic E-state index is 0.0323. The van der Waals surface area contributed by atoms with Gasteiger partial charge in [0, 0.05) is 17.4 Å². The Labute approximate surface area is 336 Å². The lowest BCUT2D eigenvalue weighted by molar-refractivity contribution is -0.137. The largest absolute Gasteiger partial charge is 0.481 e. The fourth-order valence-electron chi connectivity index (χ4n) is 6.46. The van der Waals surface area contributed by atoms with Crippen molar-refractivity contribution in [2.45, 2.75) is 48.5 Å². The van der Waals surface area contributed by atoms with Gasteiger partial charge in [0.1, 0.15) is 17.7 Å². The zero-order valence-electron chi connectivity index (χ0n) is 30.9. The van der Waals surface area contributed by atoms with Crippen molar-refractivity contribution in [3.8, 4) is 0 Å². The van der Waals surface area contributed by atoms with E-state index in [9.17, 15) is 40.3 Å². The van der Waals surface area contributed by atoms with Gasteiger partial charge in [0.15, 0.2) is 19.7 Å². The number of fused-ring (bicyclic) bond motifs is 2. The third kappa shape index (κ3) is 9.67. The molecule has 16 heteroatoms. The molecule has 0 heterocycles. The van der Waals surface area contributed by atoms with Crippen molar-refractivity contribution in [2.75, 3.05) is 12.0 Å². The molecule has 0 aliphatic rings. The van der Waals surface area contributed by atoms with Gasteiger partial charge in [-0.1, -0.05) is 54.9 Å². The van der Waals surface area contributed by atoms with Gasteiger partial charge in [-0.3, -0.25) is 9.59 Å². The molecule has 0 spiro atoms. The molecule has 6 rings (SSSR count). The summed E-state index contributed by atoms with van der Waals surface area (Å²) in [5, 5.41) is 29.9. The second kappa shape index (κ2) is 16.9. The number of aryl methyl sites for hydroxylation is 1. The van der Waals surface area contributed by atoms with Crippen molar-refractivity contribution in [3.63, 3.8) is 0 Å². The first-order valence-electron chi connectivity index (χ1n) is 17.3. The number of aliphatic hydroxyl groups is 1. The van der Waals surface area contributed by atoms with Gasteiger partial charge in [-0.2, -0.15) is 8.78 Å². The fourth-order valence-corrected chi connectivity index (χ4v) is 8.44. The molecule has 1 unspecified atom stereocenters. The van der Waals surface area contributed by atoms with Crippen LogP contribution in [-0.4, -0.2) is 56.1 Å². The first-order chi connectivity index (χ1) is 27.0. The van der Waals surface area contributed by atoms with Crippen LogP contribution < -0.4 is 0 Å². The summed E-state index contributed by atoms with van der Waals surface area (Å²) in [6, 6.07) is 20.3. The Bertz CT molecular complexity index is 2830. The second-order valence-electron chi connectivity index (χ2n) is 13.5. The maximum absolute atomic E-state index is 15.5. The number of hydrogen-bond acceptors (Lipinski definition) is 7. The van der Waals surface area contributed by atoms with Crippen LogP contribution in [0.2, 0.25) is 5.02 Å². The number of rotatable bonds is 11. The van der Waals surface area contributed by atoms with Crippen molar-refractivity contribution >= 4 is 64.8 Å². The Hall–Kier alpha value is -5.35. The minimum atomic E-state index is -3.74. The summed E-state index contributed by atoms with van der Waals surface area (Å²) in [4.78, 5) is 22.1. The molecule has 0 aliphatic carbocycles. The van der Waals surface area contributed by atoms with Gasteiger partial charge in [-0.25, -0.2) is 25.6 Å². The summed E-state index contributed by atoms with van der Waals surface area (Å²) in [7, 11) is -7.04. The van der Waals surface area contributed by atoms with Crippen LogP contribution in [0.3, 0.4) is 0 Å². The number of hydrogen-bond donors (Lipinski definition) is 3.